The predicted molar refractivity (Wildman–Crippen MR) is 72.1 cm³/mol. The van der Waals surface area contributed by atoms with Crippen LogP contribution >= 0.6 is 11.6 Å². The summed E-state index contributed by atoms with van der Waals surface area (Å²) >= 11 is 5.87. The third kappa shape index (κ3) is 3.38. The first kappa shape index (κ1) is 13.7. The van der Waals surface area contributed by atoms with Gasteiger partial charge < -0.3 is 15.7 Å². The summed E-state index contributed by atoms with van der Waals surface area (Å²) in [6, 6.07) is 4.74. The van der Waals surface area contributed by atoms with Crippen molar-refractivity contribution in [3.05, 3.63) is 28.8 Å². The first-order valence-electron chi connectivity index (χ1n) is 6.03. The molecule has 1 unspecified atom stereocenters. The third-order valence-corrected chi connectivity index (χ3v) is 3.42. The van der Waals surface area contributed by atoms with E-state index in [4.69, 9.17) is 22.4 Å². The number of carboxylic acid groups (broad SMARTS) is 1. The maximum Gasteiger partial charge on any atom is 0.303 e. The monoisotopic (exact) mass is 282 g/mol. The third-order valence-electron chi connectivity index (χ3n) is 3.20. The lowest BCUT2D eigenvalue weighted by Crippen LogP contribution is -2.29. The number of nitrogens with two attached hydrogens (primary N) is 1. The van der Waals surface area contributed by atoms with Crippen molar-refractivity contribution in [2.45, 2.75) is 12.8 Å². The largest absolute Gasteiger partial charge is 0.481 e. The highest BCUT2D eigenvalue weighted by Crippen LogP contribution is 2.23. The number of carboxylic acids is 1. The summed E-state index contributed by atoms with van der Waals surface area (Å²) < 4.78 is 0. The lowest BCUT2D eigenvalue weighted by molar-refractivity contribution is -0.138. The SMILES string of the molecule is Nc1cc(Cl)cc(C(=O)N2CCC(CC(=O)O)C2)c1. The number of likely N-dealkylation sites (tertiary alicyclic amines) is 1. The molecule has 1 aromatic carbocycles. The molecule has 1 saturated heterocycles. The Bertz CT molecular complexity index is 498. The number of carbonyl (C=O) groups excluding carboxylic acids is 1. The quantitative estimate of drug-likeness (QED) is 0.829. The summed E-state index contributed by atoms with van der Waals surface area (Å²) in [7, 11) is 0. The lowest BCUT2D eigenvalue weighted by atomic mass is 10.1. The second-order valence-corrected chi connectivity index (χ2v) is 5.21. The fourth-order valence-electron chi connectivity index (χ4n) is 2.35. The second kappa shape index (κ2) is 5.48. The Morgan fingerprint density at radius 1 is 1.42 bits per heavy atom. The minimum absolute atomic E-state index is 0.0259. The summed E-state index contributed by atoms with van der Waals surface area (Å²) in [4.78, 5) is 24.6. The van der Waals surface area contributed by atoms with Crippen molar-refractivity contribution in [1.82, 2.24) is 4.90 Å². The maximum atomic E-state index is 12.2. The number of benzene rings is 1. The molecule has 0 aromatic heterocycles. The van der Waals surface area contributed by atoms with Gasteiger partial charge in [0.05, 0.1) is 0 Å². The van der Waals surface area contributed by atoms with Crippen molar-refractivity contribution in [2.24, 2.45) is 5.92 Å². The summed E-state index contributed by atoms with van der Waals surface area (Å²) in [6.07, 6.45) is 0.815. The van der Waals surface area contributed by atoms with Gasteiger partial charge in [0, 0.05) is 35.8 Å². The molecule has 1 atom stereocenters. The van der Waals surface area contributed by atoms with E-state index in [9.17, 15) is 9.59 Å². The van der Waals surface area contributed by atoms with Crippen molar-refractivity contribution in [3.63, 3.8) is 0 Å². The Labute approximate surface area is 116 Å². The van der Waals surface area contributed by atoms with Crippen molar-refractivity contribution in [3.8, 4) is 0 Å². The van der Waals surface area contributed by atoms with Crippen LogP contribution in [0.5, 0.6) is 0 Å². The van der Waals surface area contributed by atoms with Crippen LogP contribution in [0.3, 0.4) is 0 Å². The molecular formula is C13H15ClN2O3. The van der Waals surface area contributed by atoms with Crippen LogP contribution in [0.15, 0.2) is 18.2 Å². The van der Waals surface area contributed by atoms with E-state index in [1.54, 1.807) is 23.1 Å². The number of aliphatic carboxylic acids is 1. The molecule has 1 aliphatic rings. The van der Waals surface area contributed by atoms with E-state index >= 15 is 0 Å². The van der Waals surface area contributed by atoms with Crippen molar-refractivity contribution in [2.75, 3.05) is 18.8 Å². The molecule has 0 bridgehead atoms. The molecule has 2 rings (SSSR count). The molecule has 0 saturated carbocycles. The molecule has 0 radical (unpaired) electrons. The van der Waals surface area contributed by atoms with Gasteiger partial charge in [0.1, 0.15) is 0 Å². The van der Waals surface area contributed by atoms with Crippen LogP contribution in [0, 0.1) is 5.92 Å². The summed E-state index contributed by atoms with van der Waals surface area (Å²) in [5.41, 5.74) is 6.54. The molecular weight excluding hydrogens is 268 g/mol. The van der Waals surface area contributed by atoms with Crippen LogP contribution in [0.2, 0.25) is 5.02 Å². The topological polar surface area (TPSA) is 83.6 Å². The van der Waals surface area contributed by atoms with Gasteiger partial charge in [0.25, 0.3) is 5.91 Å². The predicted octanol–water partition coefficient (Wildman–Crippen LogP) is 1.86. The number of carbonyl (C=O) groups is 2. The van der Waals surface area contributed by atoms with Gasteiger partial charge in [-0.15, -0.1) is 0 Å². The highest BCUT2D eigenvalue weighted by Gasteiger charge is 2.28. The van der Waals surface area contributed by atoms with Gasteiger partial charge in [0.15, 0.2) is 0 Å². The maximum absolute atomic E-state index is 12.2. The summed E-state index contributed by atoms with van der Waals surface area (Å²) in [5, 5.41) is 9.17. The Hall–Kier alpha value is -1.75. The van der Waals surface area contributed by atoms with Crippen LogP contribution in [0.25, 0.3) is 0 Å². The highest BCUT2D eigenvalue weighted by molar-refractivity contribution is 6.31. The number of nitrogens with zero attached hydrogens (tertiary/aromatic N) is 1. The molecule has 3 N–H and O–H groups in total. The van der Waals surface area contributed by atoms with E-state index in [0.29, 0.717) is 35.8 Å². The number of hydrogen-bond acceptors (Lipinski definition) is 3. The Morgan fingerprint density at radius 2 is 2.16 bits per heavy atom. The number of hydrogen-bond donors (Lipinski definition) is 2. The standard InChI is InChI=1S/C13H15ClN2O3/c14-10-4-9(5-11(15)6-10)13(19)16-2-1-8(7-16)3-12(17)18/h4-6,8H,1-3,7,15H2,(H,17,18). The van der Waals surface area contributed by atoms with Gasteiger partial charge in [-0.05, 0) is 30.5 Å². The van der Waals surface area contributed by atoms with Crippen molar-refractivity contribution >= 4 is 29.2 Å². The van der Waals surface area contributed by atoms with E-state index in [2.05, 4.69) is 0 Å². The molecule has 5 nitrogen and oxygen atoms in total. The van der Waals surface area contributed by atoms with Gasteiger partial charge >= 0.3 is 5.97 Å². The number of anilines is 1. The smallest absolute Gasteiger partial charge is 0.303 e. The Balaban J connectivity index is 2.06. The lowest BCUT2D eigenvalue weighted by Gasteiger charge is -2.16. The molecule has 1 aliphatic heterocycles. The minimum Gasteiger partial charge on any atom is -0.481 e. The molecule has 1 amide bonds. The highest BCUT2D eigenvalue weighted by atomic mass is 35.5. The van der Waals surface area contributed by atoms with Crippen LogP contribution < -0.4 is 5.73 Å². The summed E-state index contributed by atoms with van der Waals surface area (Å²) in [6.45, 7) is 1.04. The van der Waals surface area contributed by atoms with Gasteiger partial charge in [-0.3, -0.25) is 9.59 Å². The van der Waals surface area contributed by atoms with Gasteiger partial charge in [-0.1, -0.05) is 11.6 Å². The van der Waals surface area contributed by atoms with Gasteiger partial charge in [0.2, 0.25) is 0 Å². The van der Waals surface area contributed by atoms with Crippen LogP contribution in [-0.2, 0) is 4.79 Å². The van der Waals surface area contributed by atoms with Crippen LogP contribution in [0.4, 0.5) is 5.69 Å². The summed E-state index contributed by atoms with van der Waals surface area (Å²) in [5.74, 6) is -0.952. The van der Waals surface area contributed by atoms with E-state index in [1.807, 2.05) is 0 Å². The molecule has 1 fully saturated rings. The first-order valence-corrected chi connectivity index (χ1v) is 6.40. The van der Waals surface area contributed by atoms with Gasteiger partial charge in [-0.25, -0.2) is 0 Å². The molecule has 19 heavy (non-hydrogen) atoms. The number of nitrogen functional groups attached to an aromatic ring is 1. The van der Waals surface area contributed by atoms with Crippen LogP contribution in [-0.4, -0.2) is 35.0 Å². The Morgan fingerprint density at radius 3 is 2.79 bits per heavy atom. The zero-order valence-corrected chi connectivity index (χ0v) is 11.1. The second-order valence-electron chi connectivity index (χ2n) is 4.78. The number of rotatable bonds is 3. The normalized spacial score (nSPS) is 18.6. The molecule has 1 heterocycles. The van der Waals surface area contributed by atoms with E-state index < -0.39 is 5.97 Å². The van der Waals surface area contributed by atoms with Crippen molar-refractivity contribution < 1.29 is 14.7 Å². The van der Waals surface area contributed by atoms with Crippen molar-refractivity contribution in [1.29, 1.82) is 0 Å². The average molecular weight is 283 g/mol. The number of amides is 1. The molecule has 0 spiro atoms. The fraction of sp³-hybridized carbons (Fsp3) is 0.385. The molecule has 1 aromatic rings. The molecule has 102 valence electrons. The van der Waals surface area contributed by atoms with Gasteiger partial charge in [-0.2, -0.15) is 0 Å². The first-order chi connectivity index (χ1) is 8.95. The number of halogens is 1. The molecule has 6 heteroatoms. The zero-order valence-electron chi connectivity index (χ0n) is 10.3. The van der Waals surface area contributed by atoms with E-state index in [0.717, 1.165) is 0 Å². The Kier molecular flexibility index (Phi) is 3.95. The van der Waals surface area contributed by atoms with E-state index in [-0.39, 0.29) is 18.2 Å². The average Bonchev–Trinajstić information content (AvgIpc) is 2.74. The van der Waals surface area contributed by atoms with E-state index in [1.165, 1.54) is 0 Å². The minimum atomic E-state index is -0.828. The molecule has 0 aliphatic carbocycles. The zero-order chi connectivity index (χ0) is 14.0. The fourth-order valence-corrected chi connectivity index (χ4v) is 2.59. The van der Waals surface area contributed by atoms with Crippen LogP contribution in [0.1, 0.15) is 23.2 Å².